The molecule has 1 aromatic heterocycles. The summed E-state index contributed by atoms with van der Waals surface area (Å²) < 4.78 is 8.34. The van der Waals surface area contributed by atoms with E-state index in [0.29, 0.717) is 24.3 Å². The highest BCUT2D eigenvalue weighted by Crippen LogP contribution is 2.38. The highest BCUT2D eigenvalue weighted by molar-refractivity contribution is 5.94. The third kappa shape index (κ3) is 4.24. The van der Waals surface area contributed by atoms with E-state index >= 15 is 0 Å². The van der Waals surface area contributed by atoms with Crippen molar-refractivity contribution >= 4 is 11.8 Å². The smallest absolute Gasteiger partial charge is 0.272 e. The molecule has 1 spiro atoms. The van der Waals surface area contributed by atoms with Gasteiger partial charge in [-0.15, -0.1) is 0 Å². The number of carbonyl (C=O) groups is 2. The Morgan fingerprint density at radius 1 is 1.13 bits per heavy atom. The number of hydrogen-bond acceptors (Lipinski definition) is 5. The van der Waals surface area contributed by atoms with Crippen molar-refractivity contribution in [2.24, 2.45) is 13.0 Å². The van der Waals surface area contributed by atoms with Crippen LogP contribution in [-0.4, -0.2) is 75.8 Å². The van der Waals surface area contributed by atoms with Gasteiger partial charge < -0.3 is 19.9 Å². The fourth-order valence-electron chi connectivity index (χ4n) is 5.55. The molecule has 0 bridgehead atoms. The first-order chi connectivity index (χ1) is 14.9. The molecule has 1 saturated carbocycles. The molecule has 170 valence electrons. The number of carbonyl (C=O) groups excluding carboxylic acids is 2. The van der Waals surface area contributed by atoms with Gasteiger partial charge in [0.2, 0.25) is 5.91 Å². The van der Waals surface area contributed by atoms with E-state index in [1.165, 1.54) is 12.8 Å². The van der Waals surface area contributed by atoms with Gasteiger partial charge in [0, 0.05) is 70.4 Å². The molecule has 1 aromatic rings. The maximum atomic E-state index is 12.6. The van der Waals surface area contributed by atoms with Gasteiger partial charge in [-0.1, -0.05) is 0 Å². The number of likely N-dealkylation sites (tertiary alicyclic amines) is 2. The molecule has 0 unspecified atom stereocenters. The van der Waals surface area contributed by atoms with E-state index in [1.54, 1.807) is 6.92 Å². The highest BCUT2D eigenvalue weighted by atomic mass is 16.5. The third-order valence-corrected chi connectivity index (χ3v) is 7.89. The molecule has 3 aliphatic heterocycles. The molecular formula is C23H35N5O3. The summed E-state index contributed by atoms with van der Waals surface area (Å²) in [5, 5.41) is 7.61. The molecule has 3 fully saturated rings. The lowest BCUT2D eigenvalue weighted by atomic mass is 9.82. The number of rotatable bonds is 4. The van der Waals surface area contributed by atoms with Crippen LogP contribution in [0.25, 0.3) is 0 Å². The van der Waals surface area contributed by atoms with E-state index in [4.69, 9.17) is 4.74 Å². The summed E-state index contributed by atoms with van der Waals surface area (Å²) in [4.78, 5) is 28.8. The Bertz CT molecular complexity index is 846. The molecule has 0 atom stereocenters. The first-order valence-corrected chi connectivity index (χ1v) is 11.9. The largest absolute Gasteiger partial charge is 0.370 e. The van der Waals surface area contributed by atoms with E-state index in [1.807, 2.05) is 16.6 Å². The lowest BCUT2D eigenvalue weighted by Gasteiger charge is -2.47. The molecule has 4 aliphatic rings. The molecule has 1 aliphatic carbocycles. The Balaban J connectivity index is 1.19. The topological polar surface area (TPSA) is 79.7 Å². The number of hydrogen-bond donors (Lipinski definition) is 1. The van der Waals surface area contributed by atoms with Crippen LogP contribution < -0.4 is 5.32 Å². The van der Waals surface area contributed by atoms with E-state index in [-0.39, 0.29) is 17.4 Å². The number of piperidine rings is 2. The zero-order valence-corrected chi connectivity index (χ0v) is 18.9. The molecule has 0 aromatic carbocycles. The molecule has 8 nitrogen and oxygen atoms in total. The van der Waals surface area contributed by atoms with Crippen molar-refractivity contribution < 1.29 is 14.3 Å². The van der Waals surface area contributed by atoms with Crippen LogP contribution in [0.4, 0.5) is 0 Å². The van der Waals surface area contributed by atoms with Crippen LogP contribution in [0, 0.1) is 5.92 Å². The Labute approximate surface area is 184 Å². The van der Waals surface area contributed by atoms with E-state index in [9.17, 15) is 9.59 Å². The summed E-state index contributed by atoms with van der Waals surface area (Å²) in [6, 6.07) is 0.575. The fraction of sp³-hybridized carbons (Fsp3) is 0.783. The first-order valence-electron chi connectivity index (χ1n) is 11.9. The second kappa shape index (κ2) is 8.20. The molecular weight excluding hydrogens is 394 g/mol. The van der Waals surface area contributed by atoms with Crippen molar-refractivity contribution in [1.29, 1.82) is 0 Å². The Kier molecular flexibility index (Phi) is 5.54. The number of nitrogens with zero attached hydrogens (tertiary/aromatic N) is 4. The monoisotopic (exact) mass is 429 g/mol. The van der Waals surface area contributed by atoms with Crippen molar-refractivity contribution in [2.75, 3.05) is 32.7 Å². The van der Waals surface area contributed by atoms with Gasteiger partial charge in [-0.05, 0) is 44.4 Å². The number of fused-ring (bicyclic) bond motifs is 1. The highest BCUT2D eigenvalue weighted by Gasteiger charge is 2.43. The predicted molar refractivity (Wildman–Crippen MR) is 116 cm³/mol. The first kappa shape index (κ1) is 20.9. The molecule has 8 heteroatoms. The van der Waals surface area contributed by atoms with Gasteiger partial charge in [-0.2, -0.15) is 5.10 Å². The minimum absolute atomic E-state index is 0.0602. The van der Waals surface area contributed by atoms with Crippen molar-refractivity contribution in [3.05, 3.63) is 17.0 Å². The molecule has 5 rings (SSSR count). The number of nitrogens with one attached hydrogen (secondary N) is 1. The molecule has 0 radical (unpaired) electrons. The standard InChI is InChI=1S/C23H35N5O3/c1-16(29)27-9-5-18(6-10-27)28-11-7-23(8-12-28)13-20-19(15-31-23)21(25-26(20)2)22(30)24-14-17-3-4-17/h17-18H,3-15H2,1-2H3,(H,24,30). The van der Waals surface area contributed by atoms with Crippen molar-refractivity contribution in [1.82, 2.24) is 24.9 Å². The zero-order valence-electron chi connectivity index (χ0n) is 18.9. The Morgan fingerprint density at radius 2 is 1.84 bits per heavy atom. The maximum absolute atomic E-state index is 12.6. The number of ether oxygens (including phenoxy) is 1. The molecule has 2 saturated heterocycles. The van der Waals surface area contributed by atoms with E-state index in [2.05, 4.69) is 15.3 Å². The summed E-state index contributed by atoms with van der Waals surface area (Å²) in [7, 11) is 1.95. The second-order valence-corrected chi connectivity index (χ2v) is 9.97. The minimum Gasteiger partial charge on any atom is -0.370 e. The Hall–Kier alpha value is -1.93. The van der Waals surface area contributed by atoms with Crippen LogP contribution in [0.15, 0.2) is 0 Å². The summed E-state index contributed by atoms with van der Waals surface area (Å²) in [6.07, 6.45) is 7.43. The van der Waals surface area contributed by atoms with Gasteiger partial charge in [-0.25, -0.2) is 0 Å². The SMILES string of the molecule is CC(=O)N1CCC(N2CCC3(CC2)Cc2c(c(C(=O)NCC4CC4)nn2C)CO3)CC1. The van der Waals surface area contributed by atoms with E-state index in [0.717, 1.165) is 76.1 Å². The van der Waals surface area contributed by atoms with Crippen molar-refractivity contribution in [3.63, 3.8) is 0 Å². The maximum Gasteiger partial charge on any atom is 0.272 e. The van der Waals surface area contributed by atoms with Gasteiger partial charge in [-0.3, -0.25) is 14.3 Å². The summed E-state index contributed by atoms with van der Waals surface area (Å²) in [5.74, 6) is 0.789. The molecule has 4 heterocycles. The fourth-order valence-corrected chi connectivity index (χ4v) is 5.55. The number of amides is 2. The zero-order chi connectivity index (χ0) is 21.6. The quantitative estimate of drug-likeness (QED) is 0.784. The van der Waals surface area contributed by atoms with Gasteiger partial charge in [0.25, 0.3) is 5.91 Å². The average molecular weight is 430 g/mol. The predicted octanol–water partition coefficient (Wildman–Crippen LogP) is 1.48. The summed E-state index contributed by atoms with van der Waals surface area (Å²) in [5.41, 5.74) is 2.54. The molecule has 2 amide bonds. The van der Waals surface area contributed by atoms with Crippen molar-refractivity contribution in [3.8, 4) is 0 Å². The third-order valence-electron chi connectivity index (χ3n) is 7.89. The average Bonchev–Trinajstić information content (AvgIpc) is 3.56. The van der Waals surface area contributed by atoms with Crippen LogP contribution in [-0.2, 0) is 29.6 Å². The normalized spacial score (nSPS) is 24.3. The summed E-state index contributed by atoms with van der Waals surface area (Å²) in [6.45, 7) is 6.73. The van der Waals surface area contributed by atoms with Gasteiger partial charge in [0.05, 0.1) is 12.2 Å². The number of aromatic nitrogens is 2. The second-order valence-electron chi connectivity index (χ2n) is 9.97. The van der Waals surface area contributed by atoms with Gasteiger partial charge in [0.15, 0.2) is 5.69 Å². The van der Waals surface area contributed by atoms with Crippen LogP contribution in [0.1, 0.15) is 67.2 Å². The summed E-state index contributed by atoms with van der Waals surface area (Å²) >= 11 is 0. The number of aryl methyl sites for hydroxylation is 1. The van der Waals surface area contributed by atoms with E-state index < -0.39 is 0 Å². The molecule has 31 heavy (non-hydrogen) atoms. The van der Waals surface area contributed by atoms with Crippen LogP contribution in [0.5, 0.6) is 0 Å². The lowest BCUT2D eigenvalue weighted by molar-refractivity contribution is -0.131. The van der Waals surface area contributed by atoms with Crippen LogP contribution in [0.2, 0.25) is 0 Å². The van der Waals surface area contributed by atoms with Crippen LogP contribution in [0.3, 0.4) is 0 Å². The van der Waals surface area contributed by atoms with Crippen LogP contribution >= 0.6 is 0 Å². The molecule has 1 N–H and O–H groups in total. The van der Waals surface area contributed by atoms with Gasteiger partial charge >= 0.3 is 0 Å². The Morgan fingerprint density at radius 3 is 2.48 bits per heavy atom. The minimum atomic E-state index is -0.140. The lowest BCUT2D eigenvalue weighted by Crippen LogP contribution is -2.54. The van der Waals surface area contributed by atoms with Crippen molar-refractivity contribution in [2.45, 2.75) is 70.1 Å². The van der Waals surface area contributed by atoms with Gasteiger partial charge in [0.1, 0.15) is 0 Å².